The van der Waals surface area contributed by atoms with Crippen LogP contribution in [0, 0.1) is 18.6 Å². The SMILES string of the molecule is CNC(c1ccc(C)c(Cl)c1)c1c(F)ccc(Br)c1F. The highest BCUT2D eigenvalue weighted by atomic mass is 79.9. The van der Waals surface area contributed by atoms with Crippen molar-refractivity contribution >= 4 is 27.5 Å². The van der Waals surface area contributed by atoms with Crippen LogP contribution in [0.4, 0.5) is 8.78 Å². The highest BCUT2D eigenvalue weighted by molar-refractivity contribution is 9.10. The zero-order chi connectivity index (χ0) is 14.9. The Bertz CT molecular complexity index is 646. The molecule has 106 valence electrons. The predicted molar refractivity (Wildman–Crippen MR) is 81.1 cm³/mol. The molecule has 0 saturated carbocycles. The van der Waals surface area contributed by atoms with Crippen molar-refractivity contribution in [3.05, 3.63) is 68.2 Å². The van der Waals surface area contributed by atoms with Gasteiger partial charge in [-0.3, -0.25) is 0 Å². The van der Waals surface area contributed by atoms with Gasteiger partial charge in [0.05, 0.1) is 10.5 Å². The summed E-state index contributed by atoms with van der Waals surface area (Å²) in [6, 6.07) is 7.34. The Labute approximate surface area is 130 Å². The zero-order valence-electron chi connectivity index (χ0n) is 11.0. The predicted octanol–water partition coefficient (Wildman–Crippen LogP) is 5.00. The van der Waals surface area contributed by atoms with Crippen molar-refractivity contribution in [3.8, 4) is 0 Å². The molecule has 1 nitrogen and oxygen atoms in total. The molecule has 0 aliphatic rings. The van der Waals surface area contributed by atoms with Crippen LogP contribution in [0.3, 0.4) is 0 Å². The van der Waals surface area contributed by atoms with Crippen molar-refractivity contribution < 1.29 is 8.78 Å². The molecule has 0 aliphatic carbocycles. The maximum Gasteiger partial charge on any atom is 0.145 e. The van der Waals surface area contributed by atoms with E-state index in [0.717, 1.165) is 5.56 Å². The number of rotatable bonds is 3. The van der Waals surface area contributed by atoms with E-state index in [1.54, 1.807) is 13.1 Å². The van der Waals surface area contributed by atoms with Gasteiger partial charge in [0.2, 0.25) is 0 Å². The van der Waals surface area contributed by atoms with Crippen LogP contribution in [0.25, 0.3) is 0 Å². The van der Waals surface area contributed by atoms with Crippen LogP contribution in [-0.4, -0.2) is 7.05 Å². The van der Waals surface area contributed by atoms with Crippen molar-refractivity contribution in [2.24, 2.45) is 0 Å². The van der Waals surface area contributed by atoms with E-state index in [-0.39, 0.29) is 10.0 Å². The molecule has 0 aliphatic heterocycles. The Kier molecular flexibility index (Phi) is 4.78. The molecule has 2 aromatic rings. The first-order chi connectivity index (χ1) is 9.45. The van der Waals surface area contributed by atoms with Crippen LogP contribution in [0.5, 0.6) is 0 Å². The maximum absolute atomic E-state index is 14.2. The lowest BCUT2D eigenvalue weighted by atomic mass is 9.97. The lowest BCUT2D eigenvalue weighted by Gasteiger charge is -2.20. The molecule has 0 radical (unpaired) electrons. The third kappa shape index (κ3) is 2.87. The summed E-state index contributed by atoms with van der Waals surface area (Å²) in [5.41, 5.74) is 1.60. The molecule has 5 heteroatoms. The van der Waals surface area contributed by atoms with Gasteiger partial charge in [-0.1, -0.05) is 23.7 Å². The van der Waals surface area contributed by atoms with E-state index in [2.05, 4.69) is 21.2 Å². The summed E-state index contributed by atoms with van der Waals surface area (Å²) < 4.78 is 28.4. The van der Waals surface area contributed by atoms with Gasteiger partial charge < -0.3 is 5.32 Å². The molecule has 20 heavy (non-hydrogen) atoms. The Morgan fingerprint density at radius 1 is 1.20 bits per heavy atom. The quantitative estimate of drug-likeness (QED) is 0.760. The standard InChI is InChI=1S/C15H13BrClF2N/c1-8-3-4-9(7-11(8)17)15(20-2)13-12(18)6-5-10(16)14(13)19/h3-7,15,20H,1-2H3. The maximum atomic E-state index is 14.2. The van der Waals surface area contributed by atoms with Crippen molar-refractivity contribution in [2.45, 2.75) is 13.0 Å². The molecule has 0 saturated heterocycles. The van der Waals surface area contributed by atoms with Crippen molar-refractivity contribution in [3.63, 3.8) is 0 Å². The summed E-state index contributed by atoms with van der Waals surface area (Å²) in [5.74, 6) is -1.21. The minimum Gasteiger partial charge on any atom is -0.309 e. The van der Waals surface area contributed by atoms with Gasteiger partial charge >= 0.3 is 0 Å². The van der Waals surface area contributed by atoms with E-state index in [9.17, 15) is 8.78 Å². The molecule has 1 atom stereocenters. The summed E-state index contributed by atoms with van der Waals surface area (Å²) >= 11 is 9.17. The zero-order valence-corrected chi connectivity index (χ0v) is 13.3. The Balaban J connectivity index is 2.58. The summed E-state index contributed by atoms with van der Waals surface area (Å²) in [6.07, 6.45) is 0. The van der Waals surface area contributed by atoms with Crippen LogP contribution in [-0.2, 0) is 0 Å². The van der Waals surface area contributed by atoms with E-state index in [0.29, 0.717) is 10.6 Å². The molecule has 0 heterocycles. The number of nitrogens with one attached hydrogen (secondary N) is 1. The van der Waals surface area contributed by atoms with Crippen LogP contribution in [0.1, 0.15) is 22.7 Å². The molecule has 0 aromatic heterocycles. The normalized spacial score (nSPS) is 12.5. The lowest BCUT2D eigenvalue weighted by molar-refractivity contribution is 0.518. The summed E-state index contributed by atoms with van der Waals surface area (Å²) in [5, 5.41) is 3.50. The van der Waals surface area contributed by atoms with Crippen LogP contribution < -0.4 is 5.32 Å². The van der Waals surface area contributed by atoms with Crippen molar-refractivity contribution in [2.75, 3.05) is 7.05 Å². The monoisotopic (exact) mass is 359 g/mol. The van der Waals surface area contributed by atoms with Gasteiger partial charge in [0, 0.05) is 10.6 Å². The van der Waals surface area contributed by atoms with Gasteiger partial charge in [0.1, 0.15) is 11.6 Å². The van der Waals surface area contributed by atoms with E-state index in [1.165, 1.54) is 12.1 Å². The average molecular weight is 361 g/mol. The molecule has 0 amide bonds. The third-order valence-corrected chi connectivity index (χ3v) is 4.21. The van der Waals surface area contributed by atoms with E-state index < -0.39 is 17.7 Å². The highest BCUT2D eigenvalue weighted by Gasteiger charge is 2.22. The third-order valence-electron chi connectivity index (χ3n) is 3.19. The van der Waals surface area contributed by atoms with Crippen molar-refractivity contribution in [1.29, 1.82) is 0 Å². The molecule has 0 bridgehead atoms. The molecule has 1 N–H and O–H groups in total. The highest BCUT2D eigenvalue weighted by Crippen LogP contribution is 2.32. The number of hydrogen-bond acceptors (Lipinski definition) is 1. The number of hydrogen-bond donors (Lipinski definition) is 1. The molecule has 2 rings (SSSR count). The molecular weight excluding hydrogens is 348 g/mol. The second-order valence-corrected chi connectivity index (χ2v) is 5.75. The number of benzene rings is 2. The Morgan fingerprint density at radius 2 is 1.90 bits per heavy atom. The van der Waals surface area contributed by atoms with Gasteiger partial charge in [-0.2, -0.15) is 0 Å². The Hall–Kier alpha value is -0.970. The largest absolute Gasteiger partial charge is 0.309 e. The lowest BCUT2D eigenvalue weighted by Crippen LogP contribution is -2.20. The minimum absolute atomic E-state index is 0.0261. The molecule has 0 fully saturated rings. The van der Waals surface area contributed by atoms with E-state index in [4.69, 9.17) is 11.6 Å². The van der Waals surface area contributed by atoms with Gasteiger partial charge in [-0.25, -0.2) is 8.78 Å². The summed E-state index contributed by atoms with van der Waals surface area (Å²) in [6.45, 7) is 1.88. The van der Waals surface area contributed by atoms with Gasteiger partial charge in [0.15, 0.2) is 0 Å². The average Bonchev–Trinajstić information content (AvgIpc) is 2.42. The number of halogens is 4. The van der Waals surface area contributed by atoms with Crippen LogP contribution in [0.2, 0.25) is 5.02 Å². The Morgan fingerprint density at radius 3 is 2.50 bits per heavy atom. The summed E-state index contributed by atoms with van der Waals surface area (Å²) in [4.78, 5) is 0. The first-order valence-electron chi connectivity index (χ1n) is 6.02. The molecule has 0 spiro atoms. The van der Waals surface area contributed by atoms with Gasteiger partial charge in [0.25, 0.3) is 0 Å². The fraction of sp³-hybridized carbons (Fsp3) is 0.200. The second-order valence-electron chi connectivity index (χ2n) is 4.49. The number of aryl methyl sites for hydroxylation is 1. The van der Waals surface area contributed by atoms with Crippen LogP contribution in [0.15, 0.2) is 34.8 Å². The topological polar surface area (TPSA) is 12.0 Å². The van der Waals surface area contributed by atoms with Gasteiger partial charge in [-0.15, -0.1) is 0 Å². The second kappa shape index (κ2) is 6.20. The fourth-order valence-electron chi connectivity index (χ4n) is 2.07. The van der Waals surface area contributed by atoms with Crippen molar-refractivity contribution in [1.82, 2.24) is 5.32 Å². The fourth-order valence-corrected chi connectivity index (χ4v) is 2.61. The molecular formula is C15H13BrClF2N. The van der Waals surface area contributed by atoms with Gasteiger partial charge in [-0.05, 0) is 59.2 Å². The molecule has 1 unspecified atom stereocenters. The first kappa shape index (κ1) is 15.4. The molecule has 2 aromatic carbocycles. The smallest absolute Gasteiger partial charge is 0.145 e. The minimum atomic E-state index is -0.610. The van der Waals surface area contributed by atoms with E-state index in [1.807, 2.05) is 19.1 Å². The van der Waals surface area contributed by atoms with E-state index >= 15 is 0 Å². The van der Waals surface area contributed by atoms with Crippen LogP contribution >= 0.6 is 27.5 Å². The first-order valence-corrected chi connectivity index (χ1v) is 7.19. The summed E-state index contributed by atoms with van der Waals surface area (Å²) in [7, 11) is 1.65.